The second-order valence-electron chi connectivity index (χ2n) is 7.52. The fourth-order valence-electron chi connectivity index (χ4n) is 3.61. The Morgan fingerprint density at radius 1 is 1.12 bits per heavy atom. The number of hydrogen-bond donors (Lipinski definition) is 2. The number of nitrogens with zero attached hydrogens (tertiary/aromatic N) is 3. The zero-order chi connectivity index (χ0) is 22.7. The molecule has 4 aromatic rings. The minimum absolute atomic E-state index is 0.0883. The molecule has 0 fully saturated rings. The van der Waals surface area contributed by atoms with Gasteiger partial charge in [-0.05, 0) is 60.7 Å². The van der Waals surface area contributed by atoms with Crippen LogP contribution in [0, 0.1) is 6.92 Å². The highest BCUT2D eigenvalue weighted by Gasteiger charge is 2.25. The molecule has 166 valence electrons. The summed E-state index contributed by atoms with van der Waals surface area (Å²) in [6, 6.07) is 15.6. The monoisotopic (exact) mass is 452 g/mol. The maximum Gasteiger partial charge on any atom is 0.252 e. The van der Waals surface area contributed by atoms with Crippen molar-refractivity contribution >= 4 is 20.9 Å². The van der Waals surface area contributed by atoms with E-state index in [1.165, 1.54) is 16.4 Å². The quantitative estimate of drug-likeness (QED) is 0.427. The Morgan fingerprint density at radius 3 is 2.59 bits per heavy atom. The Hall–Kier alpha value is -3.27. The number of rotatable bonds is 8. The van der Waals surface area contributed by atoms with E-state index >= 15 is 0 Å². The second-order valence-corrected chi connectivity index (χ2v) is 9.46. The second kappa shape index (κ2) is 9.07. The van der Waals surface area contributed by atoms with Crippen molar-refractivity contribution in [2.24, 2.45) is 0 Å². The SMILES string of the molecule is Cc1cccc2cc(CN(CCCO)S(=O)(=O)c3ccc(-n4cccn4)cc3)c(=O)[nH]c12. The first-order valence-electron chi connectivity index (χ1n) is 10.2. The van der Waals surface area contributed by atoms with Crippen molar-refractivity contribution in [3.8, 4) is 5.69 Å². The highest BCUT2D eigenvalue weighted by molar-refractivity contribution is 7.89. The molecule has 0 saturated carbocycles. The van der Waals surface area contributed by atoms with Crippen molar-refractivity contribution in [3.05, 3.63) is 88.5 Å². The standard InChI is InChI=1S/C23H24N4O4S/c1-17-5-2-6-18-15-19(23(29)25-22(17)18)16-26(12-4-14-28)32(30,31)21-9-7-20(8-10-21)27-13-3-11-24-27/h2-3,5-11,13,15,28H,4,12,14,16H2,1H3,(H,25,29). The summed E-state index contributed by atoms with van der Waals surface area (Å²) >= 11 is 0. The number of sulfonamides is 1. The smallest absolute Gasteiger partial charge is 0.252 e. The summed E-state index contributed by atoms with van der Waals surface area (Å²) in [6.07, 6.45) is 3.67. The third kappa shape index (κ3) is 4.36. The number of aromatic amines is 1. The van der Waals surface area contributed by atoms with Gasteiger partial charge in [-0.3, -0.25) is 4.79 Å². The molecule has 0 unspecified atom stereocenters. The van der Waals surface area contributed by atoms with Gasteiger partial charge in [-0.15, -0.1) is 0 Å². The van der Waals surface area contributed by atoms with Crippen LogP contribution in [0.4, 0.5) is 0 Å². The number of aryl methyl sites for hydroxylation is 1. The summed E-state index contributed by atoms with van der Waals surface area (Å²) in [4.78, 5) is 15.7. The van der Waals surface area contributed by atoms with Crippen LogP contribution in [0.1, 0.15) is 17.5 Å². The lowest BCUT2D eigenvalue weighted by Crippen LogP contribution is -2.34. The van der Waals surface area contributed by atoms with Crippen LogP contribution < -0.4 is 5.56 Å². The Morgan fingerprint density at radius 2 is 1.91 bits per heavy atom. The Balaban J connectivity index is 1.68. The van der Waals surface area contributed by atoms with E-state index in [4.69, 9.17) is 0 Å². The van der Waals surface area contributed by atoms with Gasteiger partial charge < -0.3 is 10.1 Å². The molecule has 9 heteroatoms. The number of aliphatic hydroxyl groups excluding tert-OH is 1. The van der Waals surface area contributed by atoms with Crippen LogP contribution >= 0.6 is 0 Å². The molecule has 32 heavy (non-hydrogen) atoms. The van der Waals surface area contributed by atoms with E-state index < -0.39 is 10.0 Å². The Labute approximate surface area is 185 Å². The van der Waals surface area contributed by atoms with Crippen LogP contribution in [0.2, 0.25) is 0 Å². The van der Waals surface area contributed by atoms with Gasteiger partial charge in [0, 0.05) is 37.7 Å². The average molecular weight is 453 g/mol. The zero-order valence-electron chi connectivity index (χ0n) is 17.6. The van der Waals surface area contributed by atoms with E-state index in [1.54, 1.807) is 41.3 Å². The van der Waals surface area contributed by atoms with Crippen molar-refractivity contribution in [2.75, 3.05) is 13.2 Å². The number of benzene rings is 2. The van der Waals surface area contributed by atoms with Crippen LogP contribution in [0.5, 0.6) is 0 Å². The van der Waals surface area contributed by atoms with Crippen molar-refractivity contribution < 1.29 is 13.5 Å². The molecule has 0 saturated heterocycles. The first-order chi connectivity index (χ1) is 15.4. The van der Waals surface area contributed by atoms with Crippen molar-refractivity contribution in [2.45, 2.75) is 24.8 Å². The van der Waals surface area contributed by atoms with Gasteiger partial charge in [0.05, 0.1) is 16.1 Å². The van der Waals surface area contributed by atoms with Gasteiger partial charge in [-0.25, -0.2) is 13.1 Å². The minimum atomic E-state index is -3.90. The maximum atomic E-state index is 13.4. The normalized spacial score (nSPS) is 12.0. The van der Waals surface area contributed by atoms with Crippen LogP contribution in [0.3, 0.4) is 0 Å². The number of H-pyrrole nitrogens is 1. The van der Waals surface area contributed by atoms with Crippen molar-refractivity contribution in [1.29, 1.82) is 0 Å². The van der Waals surface area contributed by atoms with E-state index in [2.05, 4.69) is 10.1 Å². The molecule has 2 aromatic carbocycles. The molecule has 0 spiro atoms. The van der Waals surface area contributed by atoms with Crippen molar-refractivity contribution in [3.63, 3.8) is 0 Å². The molecule has 4 rings (SSSR count). The number of para-hydroxylation sites is 1. The Bertz CT molecular complexity index is 1380. The summed E-state index contributed by atoms with van der Waals surface area (Å²) in [7, 11) is -3.90. The molecule has 0 aliphatic heterocycles. The number of aromatic nitrogens is 3. The third-order valence-electron chi connectivity index (χ3n) is 5.32. The van der Waals surface area contributed by atoms with Gasteiger partial charge in [-0.2, -0.15) is 9.40 Å². The molecule has 0 aliphatic rings. The number of pyridine rings is 1. The maximum absolute atomic E-state index is 13.4. The molecule has 2 heterocycles. The number of nitrogens with one attached hydrogen (secondary N) is 1. The van der Waals surface area contributed by atoms with Gasteiger partial charge in [0.15, 0.2) is 0 Å². The van der Waals surface area contributed by atoms with Gasteiger partial charge in [0.2, 0.25) is 10.0 Å². The summed E-state index contributed by atoms with van der Waals surface area (Å²) < 4.78 is 29.6. The molecule has 2 N–H and O–H groups in total. The lowest BCUT2D eigenvalue weighted by atomic mass is 10.1. The van der Waals surface area contributed by atoms with E-state index in [0.29, 0.717) is 5.56 Å². The fourth-order valence-corrected chi connectivity index (χ4v) is 5.07. The van der Waals surface area contributed by atoms with E-state index in [0.717, 1.165) is 22.2 Å². The van der Waals surface area contributed by atoms with Crippen molar-refractivity contribution in [1.82, 2.24) is 19.1 Å². The average Bonchev–Trinajstić information content (AvgIpc) is 3.32. The first-order valence-corrected chi connectivity index (χ1v) is 11.7. The van der Waals surface area contributed by atoms with Crippen LogP contribution in [0.25, 0.3) is 16.6 Å². The topological polar surface area (TPSA) is 108 Å². The lowest BCUT2D eigenvalue weighted by molar-refractivity contribution is 0.267. The predicted molar refractivity (Wildman–Crippen MR) is 122 cm³/mol. The summed E-state index contributed by atoms with van der Waals surface area (Å²) in [5.41, 5.74) is 2.42. The summed E-state index contributed by atoms with van der Waals surface area (Å²) in [6.45, 7) is 1.74. The van der Waals surface area contributed by atoms with Crippen LogP contribution in [0.15, 0.2) is 76.7 Å². The summed E-state index contributed by atoms with van der Waals surface area (Å²) in [5, 5.41) is 14.3. The molecule has 0 bridgehead atoms. The minimum Gasteiger partial charge on any atom is -0.396 e. The van der Waals surface area contributed by atoms with Gasteiger partial charge in [0.25, 0.3) is 5.56 Å². The molecule has 8 nitrogen and oxygen atoms in total. The predicted octanol–water partition coefficient (Wildman–Crippen LogP) is 2.60. The molecular formula is C23H24N4O4S. The van der Waals surface area contributed by atoms with Crippen LogP contribution in [-0.4, -0.2) is 45.7 Å². The zero-order valence-corrected chi connectivity index (χ0v) is 18.4. The van der Waals surface area contributed by atoms with Gasteiger partial charge in [-0.1, -0.05) is 18.2 Å². The van der Waals surface area contributed by atoms with E-state index in [9.17, 15) is 18.3 Å². The molecule has 0 amide bonds. The highest BCUT2D eigenvalue weighted by atomic mass is 32.2. The van der Waals surface area contributed by atoms with Gasteiger partial charge >= 0.3 is 0 Å². The largest absolute Gasteiger partial charge is 0.396 e. The van der Waals surface area contributed by atoms with E-state index in [-0.39, 0.29) is 36.6 Å². The molecule has 2 aromatic heterocycles. The Kier molecular flexibility index (Phi) is 6.22. The number of aliphatic hydroxyl groups is 1. The molecule has 0 aliphatic carbocycles. The molecule has 0 atom stereocenters. The first kappa shape index (κ1) is 21.9. The molecular weight excluding hydrogens is 428 g/mol. The van der Waals surface area contributed by atoms with Crippen LogP contribution in [-0.2, 0) is 16.6 Å². The molecule has 0 radical (unpaired) electrons. The highest BCUT2D eigenvalue weighted by Crippen LogP contribution is 2.21. The number of fused-ring (bicyclic) bond motifs is 1. The lowest BCUT2D eigenvalue weighted by Gasteiger charge is -2.22. The summed E-state index contributed by atoms with van der Waals surface area (Å²) in [5.74, 6) is 0. The number of hydrogen-bond acceptors (Lipinski definition) is 5. The van der Waals surface area contributed by atoms with E-state index in [1.807, 2.05) is 25.1 Å². The fraction of sp³-hybridized carbons (Fsp3) is 0.217. The van der Waals surface area contributed by atoms with Gasteiger partial charge in [0.1, 0.15) is 0 Å². The third-order valence-corrected chi connectivity index (χ3v) is 7.18.